The Balaban J connectivity index is 1.91. The van der Waals surface area contributed by atoms with Crippen LogP contribution >= 0.6 is 11.8 Å². The number of fused-ring (bicyclic) bond motifs is 1. The summed E-state index contributed by atoms with van der Waals surface area (Å²) in [5.74, 6) is 0.580. The molecule has 5 nitrogen and oxygen atoms in total. The highest BCUT2D eigenvalue weighted by Gasteiger charge is 2.21. The van der Waals surface area contributed by atoms with E-state index in [-0.39, 0.29) is 12.5 Å². The van der Waals surface area contributed by atoms with Crippen molar-refractivity contribution in [2.24, 2.45) is 0 Å². The van der Waals surface area contributed by atoms with Gasteiger partial charge in [0.05, 0.1) is 7.11 Å². The number of hydrogen-bond donors (Lipinski definition) is 1. The first-order valence-electron chi connectivity index (χ1n) is 7.61. The normalized spacial score (nSPS) is 11.8. The molecule has 0 radical (unpaired) electrons. The number of methoxy groups -OCH3 is 1. The SMILES string of the molecule is COC(=O)[C@H](CCSC)NC(=O)COc1ccc2ccccc2c1. The van der Waals surface area contributed by atoms with Crippen molar-refractivity contribution < 1.29 is 19.1 Å². The Bertz CT molecular complexity index is 704. The van der Waals surface area contributed by atoms with Crippen LogP contribution in [-0.4, -0.2) is 43.6 Å². The molecule has 2 rings (SSSR count). The van der Waals surface area contributed by atoms with Gasteiger partial charge in [-0.3, -0.25) is 4.79 Å². The maximum Gasteiger partial charge on any atom is 0.328 e. The lowest BCUT2D eigenvalue weighted by Crippen LogP contribution is -2.43. The molecule has 2 aromatic carbocycles. The smallest absolute Gasteiger partial charge is 0.328 e. The molecule has 128 valence electrons. The molecule has 0 aromatic heterocycles. The number of rotatable bonds is 8. The highest BCUT2D eigenvalue weighted by atomic mass is 32.2. The molecule has 0 spiro atoms. The second-order valence-corrected chi connectivity index (χ2v) is 6.21. The molecule has 0 bridgehead atoms. The van der Waals surface area contributed by atoms with Crippen molar-refractivity contribution in [3.63, 3.8) is 0 Å². The van der Waals surface area contributed by atoms with Crippen LogP contribution in [0.1, 0.15) is 6.42 Å². The Morgan fingerprint density at radius 2 is 1.92 bits per heavy atom. The van der Waals surface area contributed by atoms with Gasteiger partial charge in [0.15, 0.2) is 6.61 Å². The minimum absolute atomic E-state index is 0.148. The zero-order chi connectivity index (χ0) is 17.4. The predicted molar refractivity (Wildman–Crippen MR) is 96.4 cm³/mol. The third-order valence-corrected chi connectivity index (χ3v) is 4.17. The van der Waals surface area contributed by atoms with Gasteiger partial charge in [0.2, 0.25) is 0 Å². The lowest BCUT2D eigenvalue weighted by atomic mass is 10.1. The summed E-state index contributed by atoms with van der Waals surface area (Å²) in [4.78, 5) is 23.7. The minimum Gasteiger partial charge on any atom is -0.484 e. The highest BCUT2D eigenvalue weighted by molar-refractivity contribution is 7.98. The molecule has 0 aliphatic rings. The number of ether oxygens (including phenoxy) is 2. The fraction of sp³-hybridized carbons (Fsp3) is 0.333. The molecular weight excluding hydrogens is 326 g/mol. The molecule has 2 aromatic rings. The third-order valence-electron chi connectivity index (χ3n) is 3.52. The van der Waals surface area contributed by atoms with Crippen molar-refractivity contribution in [2.45, 2.75) is 12.5 Å². The van der Waals surface area contributed by atoms with Crippen LogP contribution in [-0.2, 0) is 14.3 Å². The van der Waals surface area contributed by atoms with E-state index in [1.807, 2.05) is 48.7 Å². The maximum absolute atomic E-state index is 12.0. The third kappa shape index (κ3) is 5.16. The summed E-state index contributed by atoms with van der Waals surface area (Å²) in [7, 11) is 1.31. The molecule has 1 amide bonds. The van der Waals surface area contributed by atoms with Crippen molar-refractivity contribution >= 4 is 34.4 Å². The van der Waals surface area contributed by atoms with Crippen molar-refractivity contribution in [3.8, 4) is 5.75 Å². The van der Waals surface area contributed by atoms with E-state index >= 15 is 0 Å². The molecule has 24 heavy (non-hydrogen) atoms. The average molecular weight is 347 g/mol. The quantitative estimate of drug-likeness (QED) is 0.744. The number of esters is 1. The Morgan fingerprint density at radius 3 is 2.62 bits per heavy atom. The molecular formula is C18H21NO4S. The molecule has 0 aliphatic carbocycles. The van der Waals surface area contributed by atoms with E-state index < -0.39 is 12.0 Å². The number of benzene rings is 2. The topological polar surface area (TPSA) is 64.6 Å². The minimum atomic E-state index is -0.643. The summed E-state index contributed by atoms with van der Waals surface area (Å²) in [5.41, 5.74) is 0. The van der Waals surface area contributed by atoms with Crippen LogP contribution in [0.2, 0.25) is 0 Å². The molecule has 6 heteroatoms. The molecule has 0 saturated carbocycles. The highest BCUT2D eigenvalue weighted by Crippen LogP contribution is 2.20. The summed E-state index contributed by atoms with van der Waals surface area (Å²) in [6.07, 6.45) is 2.47. The average Bonchev–Trinajstić information content (AvgIpc) is 2.62. The van der Waals surface area contributed by atoms with E-state index in [9.17, 15) is 9.59 Å². The number of hydrogen-bond acceptors (Lipinski definition) is 5. The van der Waals surface area contributed by atoms with Crippen molar-refractivity contribution in [3.05, 3.63) is 42.5 Å². The van der Waals surface area contributed by atoms with Crippen LogP contribution in [0.5, 0.6) is 5.75 Å². The summed E-state index contributed by atoms with van der Waals surface area (Å²) in [6, 6.07) is 12.9. The fourth-order valence-corrected chi connectivity index (χ4v) is 2.74. The van der Waals surface area contributed by atoms with E-state index in [4.69, 9.17) is 9.47 Å². The Hall–Kier alpha value is -2.21. The van der Waals surface area contributed by atoms with Gasteiger partial charge in [-0.05, 0) is 41.3 Å². The van der Waals surface area contributed by atoms with Gasteiger partial charge in [0.25, 0.3) is 5.91 Å². The summed E-state index contributed by atoms with van der Waals surface area (Å²) in [6.45, 7) is -0.148. The van der Waals surface area contributed by atoms with Crippen LogP contribution < -0.4 is 10.1 Å². The first kappa shape index (κ1) is 18.1. The number of nitrogens with one attached hydrogen (secondary N) is 1. The first-order chi connectivity index (χ1) is 11.6. The van der Waals surface area contributed by atoms with Crippen molar-refractivity contribution in [1.82, 2.24) is 5.32 Å². The van der Waals surface area contributed by atoms with Crippen LogP contribution in [0, 0.1) is 0 Å². The molecule has 1 atom stereocenters. The predicted octanol–water partition coefficient (Wildman–Crippen LogP) is 2.63. The van der Waals surface area contributed by atoms with Gasteiger partial charge in [-0.15, -0.1) is 0 Å². The first-order valence-corrected chi connectivity index (χ1v) is 9.01. The van der Waals surface area contributed by atoms with E-state index in [1.165, 1.54) is 7.11 Å². The van der Waals surface area contributed by atoms with E-state index in [2.05, 4.69) is 5.32 Å². The fourth-order valence-electron chi connectivity index (χ4n) is 2.27. The molecule has 0 heterocycles. The van der Waals surface area contributed by atoms with Crippen LogP contribution in [0.15, 0.2) is 42.5 Å². The van der Waals surface area contributed by atoms with E-state index in [0.717, 1.165) is 16.5 Å². The standard InChI is InChI=1S/C18H21NO4S/c1-22-18(21)16(9-10-24-2)19-17(20)12-23-15-8-7-13-5-3-4-6-14(13)11-15/h3-8,11,16H,9-10,12H2,1-2H3,(H,19,20)/t16-/m0/s1. The number of carbonyl (C=O) groups excluding carboxylic acids is 2. The van der Waals surface area contributed by atoms with Crippen molar-refractivity contribution in [2.75, 3.05) is 25.7 Å². The zero-order valence-electron chi connectivity index (χ0n) is 13.8. The zero-order valence-corrected chi connectivity index (χ0v) is 14.6. The molecule has 0 fully saturated rings. The largest absolute Gasteiger partial charge is 0.484 e. The van der Waals surface area contributed by atoms with Gasteiger partial charge in [-0.25, -0.2) is 4.79 Å². The molecule has 0 aliphatic heterocycles. The Labute approximate surface area is 145 Å². The summed E-state index contributed by atoms with van der Waals surface area (Å²) in [5, 5.41) is 4.81. The maximum atomic E-state index is 12.0. The van der Waals surface area contributed by atoms with Gasteiger partial charge < -0.3 is 14.8 Å². The van der Waals surface area contributed by atoms with Crippen LogP contribution in [0.25, 0.3) is 10.8 Å². The number of thioether (sulfide) groups is 1. The second kappa shape index (κ2) is 9.17. The Morgan fingerprint density at radius 1 is 1.17 bits per heavy atom. The Kier molecular flexibility index (Phi) is 6.93. The second-order valence-electron chi connectivity index (χ2n) is 5.22. The number of amides is 1. The van der Waals surface area contributed by atoms with Gasteiger partial charge in [0.1, 0.15) is 11.8 Å². The van der Waals surface area contributed by atoms with E-state index in [1.54, 1.807) is 11.8 Å². The monoisotopic (exact) mass is 347 g/mol. The van der Waals surface area contributed by atoms with Gasteiger partial charge >= 0.3 is 5.97 Å². The van der Waals surface area contributed by atoms with Gasteiger partial charge in [-0.1, -0.05) is 30.3 Å². The van der Waals surface area contributed by atoms with Crippen LogP contribution in [0.4, 0.5) is 0 Å². The molecule has 0 saturated heterocycles. The summed E-state index contributed by atoms with van der Waals surface area (Å²) >= 11 is 1.61. The lowest BCUT2D eigenvalue weighted by molar-refractivity contribution is -0.145. The van der Waals surface area contributed by atoms with Gasteiger partial charge in [0, 0.05) is 0 Å². The van der Waals surface area contributed by atoms with E-state index in [0.29, 0.717) is 12.2 Å². The molecule has 1 N–H and O–H groups in total. The molecule has 0 unspecified atom stereocenters. The lowest BCUT2D eigenvalue weighted by Gasteiger charge is -2.16. The van der Waals surface area contributed by atoms with Gasteiger partial charge in [-0.2, -0.15) is 11.8 Å². The van der Waals surface area contributed by atoms with Crippen molar-refractivity contribution in [1.29, 1.82) is 0 Å². The number of carbonyl (C=O) groups is 2. The summed E-state index contributed by atoms with van der Waals surface area (Å²) < 4.78 is 10.2. The van der Waals surface area contributed by atoms with Crippen LogP contribution in [0.3, 0.4) is 0 Å².